The molecule has 0 saturated carbocycles. The molecule has 1 aromatic rings. The lowest BCUT2D eigenvalue weighted by Gasteiger charge is -2.40. The number of hydrogen-bond acceptors (Lipinski definition) is 5. The highest BCUT2D eigenvalue weighted by Crippen LogP contribution is 2.20. The molecule has 0 spiro atoms. The fraction of sp³-hybridized carbons (Fsp3) is 0.737. The number of carbonyl (C=O) groups excluding carboxylic acids is 1. The van der Waals surface area contributed by atoms with Crippen molar-refractivity contribution in [2.45, 2.75) is 39.2 Å². The van der Waals surface area contributed by atoms with Gasteiger partial charge in [-0.2, -0.15) is 5.10 Å². The van der Waals surface area contributed by atoms with E-state index in [0.29, 0.717) is 18.9 Å². The van der Waals surface area contributed by atoms with Crippen molar-refractivity contribution in [3.05, 3.63) is 28.2 Å². The summed E-state index contributed by atoms with van der Waals surface area (Å²) in [5.41, 5.74) is 0.889. The fourth-order valence-electron chi connectivity index (χ4n) is 3.52. The van der Waals surface area contributed by atoms with Crippen LogP contribution in [-0.4, -0.2) is 71.3 Å². The average molecular weight is 361 g/mol. The van der Waals surface area contributed by atoms with Crippen molar-refractivity contribution in [3.8, 4) is 0 Å². The first-order valence-corrected chi connectivity index (χ1v) is 9.61. The van der Waals surface area contributed by atoms with Crippen LogP contribution in [0.5, 0.6) is 0 Å². The standard InChI is InChI=1S/C19H31N5O2/c1-19(2,3)16-4-5-18(26)24(21-16)14-15-12-23(13-15)11-10-22-8-6-17(25)20-7-9-22/h4-5,15H,6-14H2,1-3H3,(H,20,25). The molecule has 0 atom stereocenters. The third kappa shape index (κ3) is 4.92. The van der Waals surface area contributed by atoms with Crippen molar-refractivity contribution in [2.24, 2.45) is 5.92 Å². The van der Waals surface area contributed by atoms with Gasteiger partial charge in [0.2, 0.25) is 5.91 Å². The topological polar surface area (TPSA) is 70.5 Å². The molecule has 2 saturated heterocycles. The van der Waals surface area contributed by atoms with Crippen LogP contribution in [0.2, 0.25) is 0 Å². The summed E-state index contributed by atoms with van der Waals surface area (Å²) >= 11 is 0. The van der Waals surface area contributed by atoms with Gasteiger partial charge < -0.3 is 10.2 Å². The predicted octanol–water partition coefficient (Wildman–Crippen LogP) is 0.295. The first-order chi connectivity index (χ1) is 12.3. The van der Waals surface area contributed by atoms with Gasteiger partial charge in [0.25, 0.3) is 5.56 Å². The quantitative estimate of drug-likeness (QED) is 0.817. The smallest absolute Gasteiger partial charge is 0.266 e. The van der Waals surface area contributed by atoms with Crippen LogP contribution in [0, 0.1) is 5.92 Å². The average Bonchev–Trinajstić information content (AvgIpc) is 2.74. The molecule has 2 fully saturated rings. The summed E-state index contributed by atoms with van der Waals surface area (Å²) in [4.78, 5) is 28.2. The van der Waals surface area contributed by atoms with Crippen LogP contribution in [-0.2, 0) is 16.8 Å². The summed E-state index contributed by atoms with van der Waals surface area (Å²) < 4.78 is 1.63. The third-order valence-electron chi connectivity index (χ3n) is 5.24. The van der Waals surface area contributed by atoms with Gasteiger partial charge in [-0.3, -0.25) is 14.5 Å². The Morgan fingerprint density at radius 3 is 2.58 bits per heavy atom. The zero-order valence-electron chi connectivity index (χ0n) is 16.2. The number of nitrogens with one attached hydrogen (secondary N) is 1. The molecule has 7 nitrogen and oxygen atoms in total. The van der Waals surface area contributed by atoms with E-state index in [9.17, 15) is 9.59 Å². The number of hydrogen-bond donors (Lipinski definition) is 1. The molecule has 2 aliphatic heterocycles. The third-order valence-corrected chi connectivity index (χ3v) is 5.24. The van der Waals surface area contributed by atoms with E-state index in [1.165, 1.54) is 0 Å². The molecule has 2 aliphatic rings. The van der Waals surface area contributed by atoms with E-state index in [2.05, 4.69) is 41.0 Å². The van der Waals surface area contributed by atoms with Crippen molar-refractivity contribution in [1.29, 1.82) is 0 Å². The van der Waals surface area contributed by atoms with Gasteiger partial charge in [0.1, 0.15) is 0 Å². The highest BCUT2D eigenvalue weighted by Gasteiger charge is 2.28. The van der Waals surface area contributed by atoms with Gasteiger partial charge in [0, 0.05) is 69.6 Å². The Balaban J connectivity index is 1.44. The van der Waals surface area contributed by atoms with Crippen LogP contribution in [0.1, 0.15) is 32.9 Å². The van der Waals surface area contributed by atoms with E-state index in [1.807, 2.05) is 6.07 Å². The fourth-order valence-corrected chi connectivity index (χ4v) is 3.52. The molecule has 1 amide bonds. The van der Waals surface area contributed by atoms with Gasteiger partial charge in [-0.05, 0) is 6.07 Å². The zero-order chi connectivity index (χ0) is 18.7. The van der Waals surface area contributed by atoms with Crippen molar-refractivity contribution in [1.82, 2.24) is 24.9 Å². The van der Waals surface area contributed by atoms with Crippen LogP contribution in [0.3, 0.4) is 0 Å². The van der Waals surface area contributed by atoms with Gasteiger partial charge in [-0.15, -0.1) is 0 Å². The van der Waals surface area contributed by atoms with E-state index >= 15 is 0 Å². The maximum Gasteiger partial charge on any atom is 0.266 e. The lowest BCUT2D eigenvalue weighted by atomic mass is 9.92. The lowest BCUT2D eigenvalue weighted by molar-refractivity contribution is -0.120. The van der Waals surface area contributed by atoms with Crippen molar-refractivity contribution < 1.29 is 4.79 Å². The summed E-state index contributed by atoms with van der Waals surface area (Å²) in [6.07, 6.45) is 0.599. The molecule has 0 unspecified atom stereocenters. The molecule has 3 heterocycles. The van der Waals surface area contributed by atoms with Crippen molar-refractivity contribution in [2.75, 3.05) is 45.8 Å². The van der Waals surface area contributed by atoms with Crippen LogP contribution in [0.15, 0.2) is 16.9 Å². The molecule has 1 N–H and O–H groups in total. The number of amides is 1. The first-order valence-electron chi connectivity index (χ1n) is 9.61. The van der Waals surface area contributed by atoms with Crippen LogP contribution in [0.4, 0.5) is 0 Å². The molecule has 0 radical (unpaired) electrons. The number of carbonyl (C=O) groups is 1. The zero-order valence-corrected chi connectivity index (χ0v) is 16.2. The summed E-state index contributed by atoms with van der Waals surface area (Å²) in [5, 5.41) is 7.48. The minimum Gasteiger partial charge on any atom is -0.355 e. The molecule has 144 valence electrons. The second-order valence-electron chi connectivity index (χ2n) is 8.56. The van der Waals surface area contributed by atoms with Crippen LogP contribution in [0.25, 0.3) is 0 Å². The number of aromatic nitrogens is 2. The lowest BCUT2D eigenvalue weighted by Crippen LogP contribution is -2.52. The number of rotatable bonds is 5. The van der Waals surface area contributed by atoms with E-state index in [1.54, 1.807) is 10.7 Å². The summed E-state index contributed by atoms with van der Waals surface area (Å²) in [6, 6.07) is 3.48. The largest absolute Gasteiger partial charge is 0.355 e. The Labute approximate surface area is 155 Å². The van der Waals surface area contributed by atoms with E-state index in [0.717, 1.165) is 51.5 Å². The summed E-state index contributed by atoms with van der Waals surface area (Å²) in [6.45, 7) is 13.6. The molecular formula is C19H31N5O2. The SMILES string of the molecule is CC(C)(C)c1ccc(=O)n(CC2CN(CCN3CCNC(=O)CC3)C2)n1. The van der Waals surface area contributed by atoms with Crippen LogP contribution < -0.4 is 10.9 Å². The second-order valence-corrected chi connectivity index (χ2v) is 8.56. The Hall–Kier alpha value is -1.73. The van der Waals surface area contributed by atoms with Crippen LogP contribution >= 0.6 is 0 Å². The molecular weight excluding hydrogens is 330 g/mol. The first kappa shape index (κ1) is 19.0. The summed E-state index contributed by atoms with van der Waals surface area (Å²) in [5.74, 6) is 0.648. The second kappa shape index (κ2) is 7.88. The molecule has 0 aromatic carbocycles. The minimum atomic E-state index is -0.0511. The Morgan fingerprint density at radius 2 is 1.85 bits per heavy atom. The predicted molar refractivity (Wildman–Crippen MR) is 101 cm³/mol. The van der Waals surface area contributed by atoms with Gasteiger partial charge in [-0.25, -0.2) is 4.68 Å². The Morgan fingerprint density at radius 1 is 1.12 bits per heavy atom. The highest BCUT2D eigenvalue weighted by molar-refractivity contribution is 5.76. The van der Waals surface area contributed by atoms with Gasteiger partial charge in [0.15, 0.2) is 0 Å². The normalized spacial score (nSPS) is 20.5. The highest BCUT2D eigenvalue weighted by atomic mass is 16.1. The number of likely N-dealkylation sites (tertiary alicyclic amines) is 1. The van der Waals surface area contributed by atoms with Gasteiger partial charge in [-0.1, -0.05) is 20.8 Å². The van der Waals surface area contributed by atoms with Crippen molar-refractivity contribution >= 4 is 5.91 Å². The maximum atomic E-state index is 12.1. The van der Waals surface area contributed by atoms with E-state index in [-0.39, 0.29) is 16.9 Å². The molecule has 26 heavy (non-hydrogen) atoms. The monoisotopic (exact) mass is 361 g/mol. The minimum absolute atomic E-state index is 0.0156. The molecule has 7 heteroatoms. The number of nitrogens with zero attached hydrogens (tertiary/aromatic N) is 4. The van der Waals surface area contributed by atoms with Gasteiger partial charge >= 0.3 is 0 Å². The van der Waals surface area contributed by atoms with Gasteiger partial charge in [0.05, 0.1) is 12.2 Å². The molecule has 3 rings (SSSR count). The molecule has 1 aromatic heterocycles. The van der Waals surface area contributed by atoms with E-state index in [4.69, 9.17) is 0 Å². The van der Waals surface area contributed by atoms with Crippen molar-refractivity contribution in [3.63, 3.8) is 0 Å². The summed E-state index contributed by atoms with van der Waals surface area (Å²) in [7, 11) is 0. The Kier molecular flexibility index (Phi) is 5.77. The molecule has 0 aliphatic carbocycles. The Bertz CT molecular complexity index is 688. The maximum absolute atomic E-state index is 12.1. The van der Waals surface area contributed by atoms with E-state index < -0.39 is 0 Å². The molecule has 0 bridgehead atoms.